The molecule has 3 nitrogen and oxygen atoms in total. The van der Waals surface area contributed by atoms with Crippen LogP contribution in [0.1, 0.15) is 28.4 Å². The van der Waals surface area contributed by atoms with Crippen molar-refractivity contribution >= 4 is 17.5 Å². The Balaban J connectivity index is 2.13. The van der Waals surface area contributed by atoms with E-state index in [-0.39, 0.29) is 18.6 Å². The normalized spacial score (nSPS) is 12.0. The van der Waals surface area contributed by atoms with Crippen LogP contribution in [0, 0.1) is 5.82 Å². The van der Waals surface area contributed by atoms with Crippen molar-refractivity contribution in [1.82, 2.24) is 5.32 Å². The first-order valence-corrected chi connectivity index (χ1v) is 6.90. The molecule has 0 heterocycles. The van der Waals surface area contributed by atoms with Gasteiger partial charge in [0.1, 0.15) is 5.82 Å². The molecule has 2 aromatic carbocycles. The minimum atomic E-state index is -0.392. The summed E-state index contributed by atoms with van der Waals surface area (Å²) in [6.07, 6.45) is 0.383. The molecule has 110 valence electrons. The van der Waals surface area contributed by atoms with Crippen molar-refractivity contribution in [3.8, 4) is 0 Å². The van der Waals surface area contributed by atoms with Crippen LogP contribution in [0.5, 0.6) is 0 Å². The lowest BCUT2D eigenvalue weighted by Crippen LogP contribution is -2.29. The first-order valence-electron chi connectivity index (χ1n) is 6.53. The van der Waals surface area contributed by atoms with Gasteiger partial charge in [-0.3, -0.25) is 4.79 Å². The Morgan fingerprint density at radius 1 is 1.14 bits per heavy atom. The Hall–Kier alpha value is -1.91. The predicted octanol–water partition coefficient (Wildman–Crippen LogP) is 3.33. The van der Waals surface area contributed by atoms with Gasteiger partial charge in [-0.05, 0) is 48.4 Å². The summed E-state index contributed by atoms with van der Waals surface area (Å²) in [6.45, 7) is -0.0585. The third kappa shape index (κ3) is 4.28. The summed E-state index contributed by atoms with van der Waals surface area (Å²) < 4.78 is 12.9. The number of aliphatic hydroxyl groups is 1. The number of hydrogen-bond acceptors (Lipinski definition) is 2. The Kier molecular flexibility index (Phi) is 5.31. The molecule has 1 amide bonds. The van der Waals surface area contributed by atoms with Crippen molar-refractivity contribution in [2.45, 2.75) is 12.5 Å². The molecule has 0 saturated heterocycles. The highest BCUT2D eigenvalue weighted by Gasteiger charge is 2.15. The number of halogens is 2. The molecule has 1 unspecified atom stereocenters. The zero-order chi connectivity index (χ0) is 15.2. The highest BCUT2D eigenvalue weighted by molar-refractivity contribution is 6.30. The SMILES string of the molecule is O=C(NC(CCO)c1ccc(Cl)cc1)c1ccc(F)cc1. The molecule has 1 atom stereocenters. The molecule has 0 aromatic heterocycles. The molecule has 2 rings (SSSR count). The second-order valence-corrected chi connectivity index (χ2v) is 5.03. The number of benzene rings is 2. The van der Waals surface area contributed by atoms with Crippen molar-refractivity contribution in [3.05, 3.63) is 70.5 Å². The molecule has 5 heteroatoms. The number of hydrogen-bond donors (Lipinski definition) is 2. The van der Waals surface area contributed by atoms with Gasteiger partial charge < -0.3 is 10.4 Å². The average molecular weight is 308 g/mol. The highest BCUT2D eigenvalue weighted by atomic mass is 35.5. The first-order chi connectivity index (χ1) is 10.1. The van der Waals surface area contributed by atoms with E-state index in [1.54, 1.807) is 24.3 Å². The van der Waals surface area contributed by atoms with Crippen LogP contribution in [-0.4, -0.2) is 17.6 Å². The van der Waals surface area contributed by atoms with Crippen LogP contribution in [0.2, 0.25) is 5.02 Å². The van der Waals surface area contributed by atoms with E-state index in [0.29, 0.717) is 17.0 Å². The van der Waals surface area contributed by atoms with E-state index in [2.05, 4.69) is 5.32 Å². The minimum Gasteiger partial charge on any atom is -0.396 e. The van der Waals surface area contributed by atoms with Crippen molar-refractivity contribution in [3.63, 3.8) is 0 Å². The number of aliphatic hydroxyl groups excluding tert-OH is 1. The Bertz CT molecular complexity index is 599. The molecule has 2 aromatic rings. The minimum absolute atomic E-state index is 0.0585. The van der Waals surface area contributed by atoms with Gasteiger partial charge in [-0.1, -0.05) is 23.7 Å². The lowest BCUT2D eigenvalue weighted by Gasteiger charge is -2.18. The van der Waals surface area contributed by atoms with E-state index in [1.165, 1.54) is 24.3 Å². The first kappa shape index (κ1) is 15.5. The molecule has 0 radical (unpaired) electrons. The molecule has 0 aliphatic carbocycles. The van der Waals surface area contributed by atoms with E-state index in [1.807, 2.05) is 0 Å². The molecular weight excluding hydrogens is 293 g/mol. The predicted molar refractivity (Wildman–Crippen MR) is 79.8 cm³/mol. The topological polar surface area (TPSA) is 49.3 Å². The van der Waals surface area contributed by atoms with E-state index >= 15 is 0 Å². The maximum atomic E-state index is 12.9. The number of carbonyl (C=O) groups excluding carboxylic acids is 1. The van der Waals surface area contributed by atoms with E-state index < -0.39 is 5.82 Å². The van der Waals surface area contributed by atoms with Crippen LogP contribution < -0.4 is 5.32 Å². The van der Waals surface area contributed by atoms with Crippen molar-refractivity contribution in [2.75, 3.05) is 6.61 Å². The molecule has 0 bridgehead atoms. The van der Waals surface area contributed by atoms with Crippen molar-refractivity contribution in [1.29, 1.82) is 0 Å². The van der Waals surface area contributed by atoms with Crippen LogP contribution in [0.15, 0.2) is 48.5 Å². The fourth-order valence-electron chi connectivity index (χ4n) is 1.99. The van der Waals surface area contributed by atoms with Gasteiger partial charge in [0, 0.05) is 17.2 Å². The summed E-state index contributed by atoms with van der Waals surface area (Å²) in [5.74, 6) is -0.709. The smallest absolute Gasteiger partial charge is 0.251 e. The Labute approximate surface area is 127 Å². The van der Waals surface area contributed by atoms with Gasteiger partial charge in [0.2, 0.25) is 0 Å². The quantitative estimate of drug-likeness (QED) is 0.890. The summed E-state index contributed by atoms with van der Waals surface area (Å²) in [5, 5.41) is 12.6. The molecule has 21 heavy (non-hydrogen) atoms. The van der Waals surface area contributed by atoms with Crippen LogP contribution in [-0.2, 0) is 0 Å². The van der Waals surface area contributed by atoms with Gasteiger partial charge in [-0.15, -0.1) is 0 Å². The number of rotatable bonds is 5. The molecule has 0 spiro atoms. The summed E-state index contributed by atoms with van der Waals surface area (Å²) in [7, 11) is 0. The van der Waals surface area contributed by atoms with Gasteiger partial charge in [-0.2, -0.15) is 0 Å². The maximum absolute atomic E-state index is 12.9. The number of nitrogens with one attached hydrogen (secondary N) is 1. The lowest BCUT2D eigenvalue weighted by atomic mass is 10.0. The third-order valence-electron chi connectivity index (χ3n) is 3.10. The van der Waals surface area contributed by atoms with Crippen molar-refractivity contribution in [2.24, 2.45) is 0 Å². The molecule has 0 aliphatic rings. The molecule has 2 N–H and O–H groups in total. The summed E-state index contributed by atoms with van der Waals surface area (Å²) in [6, 6.07) is 12.0. The molecular formula is C16H15ClFNO2. The maximum Gasteiger partial charge on any atom is 0.251 e. The second kappa shape index (κ2) is 7.20. The molecule has 0 fully saturated rings. The Morgan fingerprint density at radius 3 is 2.33 bits per heavy atom. The van der Waals surface area contributed by atoms with Crippen LogP contribution in [0.4, 0.5) is 4.39 Å². The zero-order valence-corrected chi connectivity index (χ0v) is 12.0. The summed E-state index contributed by atoms with van der Waals surface area (Å²) in [5.41, 5.74) is 1.22. The molecule has 0 aliphatic heterocycles. The van der Waals surface area contributed by atoms with E-state index in [0.717, 1.165) is 5.56 Å². The Morgan fingerprint density at radius 2 is 1.76 bits per heavy atom. The van der Waals surface area contributed by atoms with Crippen LogP contribution >= 0.6 is 11.6 Å². The van der Waals surface area contributed by atoms with Gasteiger partial charge in [0.15, 0.2) is 0 Å². The van der Waals surface area contributed by atoms with Gasteiger partial charge >= 0.3 is 0 Å². The largest absolute Gasteiger partial charge is 0.396 e. The third-order valence-corrected chi connectivity index (χ3v) is 3.35. The number of carbonyl (C=O) groups is 1. The van der Waals surface area contributed by atoms with Crippen LogP contribution in [0.25, 0.3) is 0 Å². The summed E-state index contributed by atoms with van der Waals surface area (Å²) >= 11 is 5.84. The number of amides is 1. The second-order valence-electron chi connectivity index (χ2n) is 4.60. The van der Waals surface area contributed by atoms with Gasteiger partial charge in [0.25, 0.3) is 5.91 Å². The average Bonchev–Trinajstić information content (AvgIpc) is 2.48. The summed E-state index contributed by atoms with van der Waals surface area (Å²) in [4.78, 5) is 12.1. The van der Waals surface area contributed by atoms with Crippen molar-refractivity contribution < 1.29 is 14.3 Å². The standard InChI is InChI=1S/C16H15ClFNO2/c17-13-5-1-11(2-6-13)15(9-10-20)19-16(21)12-3-7-14(18)8-4-12/h1-8,15,20H,9-10H2,(H,19,21). The fraction of sp³-hybridized carbons (Fsp3) is 0.188. The zero-order valence-electron chi connectivity index (χ0n) is 11.2. The van der Waals surface area contributed by atoms with Gasteiger partial charge in [0.05, 0.1) is 6.04 Å². The van der Waals surface area contributed by atoms with E-state index in [9.17, 15) is 9.18 Å². The van der Waals surface area contributed by atoms with E-state index in [4.69, 9.17) is 16.7 Å². The monoisotopic (exact) mass is 307 g/mol. The lowest BCUT2D eigenvalue weighted by molar-refractivity contribution is 0.0930. The highest BCUT2D eigenvalue weighted by Crippen LogP contribution is 2.20. The van der Waals surface area contributed by atoms with Gasteiger partial charge in [-0.25, -0.2) is 4.39 Å². The van der Waals surface area contributed by atoms with Crippen LogP contribution in [0.3, 0.4) is 0 Å². The fourth-order valence-corrected chi connectivity index (χ4v) is 2.12. The molecule has 0 saturated carbocycles.